The van der Waals surface area contributed by atoms with Gasteiger partial charge in [-0.25, -0.2) is 4.39 Å². The maximum Gasteiger partial charge on any atom is 0.146 e. The van der Waals surface area contributed by atoms with Crippen molar-refractivity contribution in [2.75, 3.05) is 31.6 Å². The first-order chi connectivity index (χ1) is 8.45. The zero-order chi connectivity index (χ0) is 13.3. The van der Waals surface area contributed by atoms with Crippen LogP contribution in [0.2, 0.25) is 0 Å². The summed E-state index contributed by atoms with van der Waals surface area (Å²) in [5.41, 5.74) is 0.373. The zero-order valence-electron chi connectivity index (χ0n) is 11.2. The van der Waals surface area contributed by atoms with Gasteiger partial charge in [0.05, 0.1) is 18.3 Å². The lowest BCUT2D eigenvalue weighted by atomic mass is 9.94. The molecule has 0 radical (unpaired) electrons. The molecule has 4 heteroatoms. The molecule has 1 aromatic carbocycles. The molecule has 2 rings (SSSR count). The molecule has 3 nitrogen and oxygen atoms in total. The summed E-state index contributed by atoms with van der Waals surface area (Å²) in [7, 11) is 2.03. The number of hydrogen-bond acceptors (Lipinski definition) is 3. The molecule has 1 fully saturated rings. The van der Waals surface area contributed by atoms with Crippen molar-refractivity contribution < 1.29 is 9.50 Å². The summed E-state index contributed by atoms with van der Waals surface area (Å²) in [4.78, 5) is 4.20. The van der Waals surface area contributed by atoms with Gasteiger partial charge in [0.15, 0.2) is 0 Å². The number of aliphatic hydroxyl groups is 1. The Labute approximate surface area is 108 Å². The summed E-state index contributed by atoms with van der Waals surface area (Å²) < 4.78 is 14.0. The number of rotatable bonds is 2. The van der Waals surface area contributed by atoms with Gasteiger partial charge >= 0.3 is 0 Å². The van der Waals surface area contributed by atoms with Crippen molar-refractivity contribution >= 4 is 5.69 Å². The SMILES string of the molecule is CN1CC(CO)N(c2ccccc2F)C(C)(C)C1. The van der Waals surface area contributed by atoms with E-state index >= 15 is 0 Å². The molecule has 1 aromatic rings. The van der Waals surface area contributed by atoms with Crippen LogP contribution in [0.4, 0.5) is 10.1 Å². The lowest BCUT2D eigenvalue weighted by Gasteiger charge is -2.52. The first-order valence-corrected chi connectivity index (χ1v) is 6.29. The molecular weight excluding hydrogens is 231 g/mol. The maximum atomic E-state index is 14.0. The smallest absolute Gasteiger partial charge is 0.146 e. The zero-order valence-corrected chi connectivity index (χ0v) is 11.2. The molecule has 1 aliphatic rings. The van der Waals surface area contributed by atoms with Gasteiger partial charge in [0.25, 0.3) is 0 Å². The van der Waals surface area contributed by atoms with Crippen molar-refractivity contribution in [1.82, 2.24) is 4.90 Å². The van der Waals surface area contributed by atoms with E-state index in [1.807, 2.05) is 18.0 Å². The first kappa shape index (κ1) is 13.3. The summed E-state index contributed by atoms with van der Waals surface area (Å²) in [6, 6.07) is 6.70. The third kappa shape index (κ3) is 2.35. The fourth-order valence-electron chi connectivity index (χ4n) is 3.05. The monoisotopic (exact) mass is 252 g/mol. The number of nitrogens with zero attached hydrogens (tertiary/aromatic N) is 2. The molecule has 1 heterocycles. The Hall–Kier alpha value is -1.13. The van der Waals surface area contributed by atoms with Crippen LogP contribution < -0.4 is 4.90 Å². The molecule has 0 amide bonds. The van der Waals surface area contributed by atoms with Gasteiger partial charge in [-0.1, -0.05) is 12.1 Å². The molecule has 1 unspecified atom stereocenters. The van der Waals surface area contributed by atoms with Crippen molar-refractivity contribution in [2.45, 2.75) is 25.4 Å². The lowest BCUT2D eigenvalue weighted by Crippen LogP contribution is -2.64. The van der Waals surface area contributed by atoms with Crippen LogP contribution in [-0.4, -0.2) is 48.3 Å². The number of hydrogen-bond donors (Lipinski definition) is 1. The van der Waals surface area contributed by atoms with Crippen LogP contribution in [0, 0.1) is 5.82 Å². The Bertz CT molecular complexity index is 422. The van der Waals surface area contributed by atoms with E-state index in [4.69, 9.17) is 0 Å². The first-order valence-electron chi connectivity index (χ1n) is 6.29. The maximum absolute atomic E-state index is 14.0. The molecule has 18 heavy (non-hydrogen) atoms. The van der Waals surface area contributed by atoms with Crippen molar-refractivity contribution in [3.05, 3.63) is 30.1 Å². The number of piperazine rings is 1. The highest BCUT2D eigenvalue weighted by molar-refractivity contribution is 5.52. The summed E-state index contributed by atoms with van der Waals surface area (Å²) in [5.74, 6) is -0.228. The molecule has 0 bridgehead atoms. The average Bonchev–Trinajstić information content (AvgIpc) is 2.28. The molecule has 0 aliphatic carbocycles. The summed E-state index contributed by atoms with van der Waals surface area (Å²) in [6.45, 7) is 5.78. The van der Waals surface area contributed by atoms with Crippen molar-refractivity contribution in [1.29, 1.82) is 0 Å². The minimum atomic E-state index is -0.228. The van der Waals surface area contributed by atoms with Gasteiger partial charge < -0.3 is 14.9 Å². The molecule has 1 atom stereocenters. The standard InChI is InChI=1S/C14H21FN2O/c1-14(2)10-16(3)8-11(9-18)17(14)13-7-5-4-6-12(13)15/h4-7,11,18H,8-10H2,1-3H3. The highest BCUT2D eigenvalue weighted by Crippen LogP contribution is 2.32. The quantitative estimate of drug-likeness (QED) is 0.868. The number of anilines is 1. The molecule has 0 aromatic heterocycles. The van der Waals surface area contributed by atoms with E-state index in [2.05, 4.69) is 18.7 Å². The van der Waals surface area contributed by atoms with Gasteiger partial charge in [0.2, 0.25) is 0 Å². The van der Waals surface area contributed by atoms with Crippen molar-refractivity contribution in [3.63, 3.8) is 0 Å². The largest absolute Gasteiger partial charge is 0.394 e. The van der Waals surface area contributed by atoms with E-state index in [0.29, 0.717) is 5.69 Å². The Balaban J connectivity index is 2.42. The van der Waals surface area contributed by atoms with Gasteiger partial charge in [-0.05, 0) is 33.0 Å². The van der Waals surface area contributed by atoms with Crippen LogP contribution in [0.15, 0.2) is 24.3 Å². The fraction of sp³-hybridized carbons (Fsp3) is 0.571. The predicted molar refractivity (Wildman–Crippen MR) is 71.3 cm³/mol. The second kappa shape index (κ2) is 4.86. The van der Waals surface area contributed by atoms with Crippen LogP contribution in [0.25, 0.3) is 0 Å². The minimum absolute atomic E-state index is 0.0299. The highest BCUT2D eigenvalue weighted by Gasteiger charge is 2.39. The number of likely N-dealkylation sites (N-methyl/N-ethyl adjacent to an activating group) is 1. The summed E-state index contributed by atoms with van der Waals surface area (Å²) >= 11 is 0. The number of benzene rings is 1. The van der Waals surface area contributed by atoms with E-state index < -0.39 is 0 Å². The van der Waals surface area contributed by atoms with E-state index in [-0.39, 0.29) is 24.0 Å². The third-order valence-electron chi connectivity index (χ3n) is 3.52. The van der Waals surface area contributed by atoms with Crippen LogP contribution in [-0.2, 0) is 0 Å². The molecule has 0 spiro atoms. The summed E-state index contributed by atoms with van der Waals surface area (Å²) in [6.07, 6.45) is 0. The Morgan fingerprint density at radius 3 is 2.67 bits per heavy atom. The van der Waals surface area contributed by atoms with Crippen LogP contribution >= 0.6 is 0 Å². The number of para-hydroxylation sites is 1. The van der Waals surface area contributed by atoms with E-state index in [9.17, 15) is 9.50 Å². The van der Waals surface area contributed by atoms with Crippen LogP contribution in [0.5, 0.6) is 0 Å². The Morgan fingerprint density at radius 1 is 1.39 bits per heavy atom. The normalized spacial score (nSPS) is 24.3. The molecule has 0 saturated carbocycles. The number of halogens is 1. The van der Waals surface area contributed by atoms with Gasteiger partial charge in [0.1, 0.15) is 5.82 Å². The van der Waals surface area contributed by atoms with E-state index in [1.165, 1.54) is 6.07 Å². The summed E-state index contributed by atoms with van der Waals surface area (Å²) in [5, 5.41) is 9.57. The second-order valence-corrected chi connectivity index (χ2v) is 5.67. The van der Waals surface area contributed by atoms with Crippen LogP contribution in [0.3, 0.4) is 0 Å². The number of aliphatic hydroxyl groups excluding tert-OH is 1. The molecular formula is C14H21FN2O. The van der Waals surface area contributed by atoms with E-state index in [0.717, 1.165) is 13.1 Å². The molecule has 100 valence electrons. The average molecular weight is 252 g/mol. The molecule has 1 aliphatic heterocycles. The minimum Gasteiger partial charge on any atom is -0.394 e. The van der Waals surface area contributed by atoms with Crippen molar-refractivity contribution in [3.8, 4) is 0 Å². The van der Waals surface area contributed by atoms with Gasteiger partial charge in [-0.3, -0.25) is 0 Å². The molecule has 1 N–H and O–H groups in total. The van der Waals surface area contributed by atoms with Crippen LogP contribution in [0.1, 0.15) is 13.8 Å². The van der Waals surface area contributed by atoms with Crippen molar-refractivity contribution in [2.24, 2.45) is 0 Å². The van der Waals surface area contributed by atoms with Gasteiger partial charge in [0, 0.05) is 18.6 Å². The Morgan fingerprint density at radius 2 is 2.06 bits per heavy atom. The Kier molecular flexibility index (Phi) is 3.59. The predicted octanol–water partition coefficient (Wildman–Crippen LogP) is 1.72. The van der Waals surface area contributed by atoms with Gasteiger partial charge in [-0.2, -0.15) is 0 Å². The highest BCUT2D eigenvalue weighted by atomic mass is 19.1. The third-order valence-corrected chi connectivity index (χ3v) is 3.52. The lowest BCUT2D eigenvalue weighted by molar-refractivity contribution is 0.136. The van der Waals surface area contributed by atoms with Gasteiger partial charge in [-0.15, -0.1) is 0 Å². The second-order valence-electron chi connectivity index (χ2n) is 5.67. The molecule has 1 saturated heterocycles. The fourth-order valence-corrected chi connectivity index (χ4v) is 3.05. The van der Waals surface area contributed by atoms with E-state index in [1.54, 1.807) is 12.1 Å². The topological polar surface area (TPSA) is 26.7 Å².